The van der Waals surface area contributed by atoms with E-state index in [1.165, 1.54) is 60.5 Å². The molecule has 0 aliphatic carbocycles. The van der Waals surface area contributed by atoms with Gasteiger partial charge >= 0.3 is 0 Å². The van der Waals surface area contributed by atoms with Crippen molar-refractivity contribution in [1.82, 2.24) is 0 Å². The van der Waals surface area contributed by atoms with Crippen molar-refractivity contribution in [3.63, 3.8) is 0 Å². The van der Waals surface area contributed by atoms with E-state index in [1.807, 2.05) is 0 Å². The molecular formula is C58H39BO2. The summed E-state index contributed by atoms with van der Waals surface area (Å²) in [4.78, 5) is 0. The molecule has 0 N–H and O–H groups in total. The lowest BCUT2D eigenvalue weighted by Crippen LogP contribution is -2.57. The van der Waals surface area contributed by atoms with Gasteiger partial charge in [0.15, 0.2) is 0 Å². The maximum atomic E-state index is 7.08. The van der Waals surface area contributed by atoms with Crippen molar-refractivity contribution in [2.24, 2.45) is 0 Å². The Kier molecular flexibility index (Phi) is 8.11. The summed E-state index contributed by atoms with van der Waals surface area (Å²) in [7, 11) is 0. The predicted molar refractivity (Wildman–Crippen MR) is 256 cm³/mol. The molecule has 0 atom stereocenters. The summed E-state index contributed by atoms with van der Waals surface area (Å²) < 4.78 is 14.2. The minimum absolute atomic E-state index is 0.0583. The second kappa shape index (κ2) is 14.0. The van der Waals surface area contributed by atoms with E-state index in [1.54, 1.807) is 0 Å². The third kappa shape index (κ3) is 5.65. The van der Waals surface area contributed by atoms with E-state index in [9.17, 15) is 0 Å². The fourth-order valence-electron chi connectivity index (χ4n) is 10.1. The lowest BCUT2D eigenvalue weighted by Gasteiger charge is -2.34. The average Bonchev–Trinajstić information content (AvgIpc) is 3.30. The molecule has 10 aromatic rings. The van der Waals surface area contributed by atoms with Gasteiger partial charge in [0.2, 0.25) is 0 Å². The zero-order valence-corrected chi connectivity index (χ0v) is 33.9. The Morgan fingerprint density at radius 1 is 0.311 bits per heavy atom. The summed E-state index contributed by atoms with van der Waals surface area (Å²) in [5.74, 6) is 3.40. The topological polar surface area (TPSA) is 18.5 Å². The Morgan fingerprint density at radius 3 is 1.23 bits per heavy atom. The SMILES string of the molecule is Cc1ccccc1-c1ccc2c(c1)Oc1cc(-c3ccccc3-c3c4ccccc4c(-c4ccccc4)c4ccccc34)cc3c1B2c1ccc(-c2ccccc2C)cc1O3. The molecule has 2 aliphatic rings. The van der Waals surface area contributed by atoms with E-state index in [2.05, 4.69) is 214 Å². The number of hydrogen-bond donors (Lipinski definition) is 0. The van der Waals surface area contributed by atoms with Gasteiger partial charge in [0.05, 0.1) is 0 Å². The van der Waals surface area contributed by atoms with Crippen LogP contribution in [0.3, 0.4) is 0 Å². The molecule has 61 heavy (non-hydrogen) atoms. The van der Waals surface area contributed by atoms with Gasteiger partial charge in [-0.05, 0) is 137 Å². The van der Waals surface area contributed by atoms with Crippen molar-refractivity contribution in [3.05, 3.63) is 211 Å². The van der Waals surface area contributed by atoms with Crippen molar-refractivity contribution >= 4 is 44.6 Å². The van der Waals surface area contributed by atoms with Crippen LogP contribution in [0.15, 0.2) is 200 Å². The molecule has 2 nitrogen and oxygen atoms in total. The molecule has 0 spiro atoms. The molecule has 0 aromatic heterocycles. The summed E-state index contributed by atoms with van der Waals surface area (Å²) in [6, 6.07) is 72.4. The number of aryl methyl sites for hydroxylation is 2. The largest absolute Gasteiger partial charge is 0.458 e. The van der Waals surface area contributed by atoms with Crippen molar-refractivity contribution in [2.75, 3.05) is 0 Å². The highest BCUT2D eigenvalue weighted by molar-refractivity contribution is 6.98. The molecule has 0 fully saturated rings. The monoisotopic (exact) mass is 778 g/mol. The van der Waals surface area contributed by atoms with Crippen LogP contribution in [0.5, 0.6) is 23.0 Å². The van der Waals surface area contributed by atoms with E-state index < -0.39 is 0 Å². The Bertz CT molecular complexity index is 3220. The van der Waals surface area contributed by atoms with Crippen molar-refractivity contribution in [1.29, 1.82) is 0 Å². The van der Waals surface area contributed by atoms with Crippen LogP contribution in [-0.2, 0) is 0 Å². The van der Waals surface area contributed by atoms with Crippen molar-refractivity contribution < 1.29 is 9.47 Å². The predicted octanol–water partition coefficient (Wildman–Crippen LogP) is 13.7. The fourth-order valence-corrected chi connectivity index (χ4v) is 10.1. The van der Waals surface area contributed by atoms with Gasteiger partial charge in [-0.1, -0.05) is 176 Å². The lowest BCUT2D eigenvalue weighted by molar-refractivity contribution is 0.465. The highest BCUT2D eigenvalue weighted by atomic mass is 16.5. The van der Waals surface area contributed by atoms with Crippen LogP contribution >= 0.6 is 0 Å². The summed E-state index contributed by atoms with van der Waals surface area (Å²) in [5, 5.41) is 4.90. The molecule has 3 heteroatoms. The highest BCUT2D eigenvalue weighted by Gasteiger charge is 2.41. The number of hydrogen-bond acceptors (Lipinski definition) is 2. The molecule has 2 heterocycles. The Morgan fingerprint density at radius 2 is 0.721 bits per heavy atom. The second-order valence-electron chi connectivity index (χ2n) is 16.4. The average molecular weight is 779 g/mol. The number of rotatable bonds is 5. The quantitative estimate of drug-likeness (QED) is 0.128. The molecular weight excluding hydrogens is 739 g/mol. The molecule has 0 radical (unpaired) electrons. The molecule has 0 saturated heterocycles. The summed E-state index contributed by atoms with van der Waals surface area (Å²) in [5.41, 5.74) is 17.5. The molecule has 0 bridgehead atoms. The van der Waals surface area contributed by atoms with Crippen molar-refractivity contribution in [2.45, 2.75) is 13.8 Å². The van der Waals surface area contributed by atoms with E-state index in [0.29, 0.717) is 0 Å². The van der Waals surface area contributed by atoms with Gasteiger partial charge in [0.1, 0.15) is 23.0 Å². The van der Waals surface area contributed by atoms with Gasteiger partial charge in [-0.3, -0.25) is 0 Å². The Labute approximate surface area is 356 Å². The molecule has 12 rings (SSSR count). The molecule has 286 valence electrons. The van der Waals surface area contributed by atoms with E-state index in [-0.39, 0.29) is 6.71 Å². The first-order valence-electron chi connectivity index (χ1n) is 21.1. The number of benzene rings is 10. The smallest absolute Gasteiger partial charge is 0.260 e. The van der Waals surface area contributed by atoms with Crippen LogP contribution in [0.2, 0.25) is 0 Å². The molecule has 0 saturated carbocycles. The van der Waals surface area contributed by atoms with Gasteiger partial charge in [0, 0.05) is 5.46 Å². The third-order valence-corrected chi connectivity index (χ3v) is 12.9. The Balaban J connectivity index is 1.08. The van der Waals surface area contributed by atoms with Crippen molar-refractivity contribution in [3.8, 4) is 78.6 Å². The van der Waals surface area contributed by atoms with E-state index in [4.69, 9.17) is 9.47 Å². The lowest BCUT2D eigenvalue weighted by atomic mass is 9.34. The summed E-state index contributed by atoms with van der Waals surface area (Å²) >= 11 is 0. The van der Waals surface area contributed by atoms with Gasteiger partial charge in [0.25, 0.3) is 6.71 Å². The zero-order valence-electron chi connectivity index (χ0n) is 33.9. The van der Waals surface area contributed by atoms with Gasteiger partial charge in [-0.25, -0.2) is 0 Å². The maximum Gasteiger partial charge on any atom is 0.260 e. The minimum atomic E-state index is -0.0583. The third-order valence-electron chi connectivity index (χ3n) is 12.9. The van der Waals surface area contributed by atoms with Crippen LogP contribution < -0.4 is 25.9 Å². The standard InChI is InChI=1S/C58H39BO2/c1-36-16-6-8-20-42(36)39-28-30-50-52(32-39)60-54-34-41(35-55-58(54)59(50)51-31-29-40(33-53(51)61-55)43-21-9-7-17-37(43)2)44-22-10-11-23-45(44)57-48-26-14-12-24-46(48)56(38-18-4-3-5-19-38)47-25-13-15-27-49(47)57/h3-35H,1-2H3. The number of fused-ring (bicyclic) bond motifs is 6. The van der Waals surface area contributed by atoms with Crippen LogP contribution in [0.4, 0.5) is 0 Å². The normalized spacial score (nSPS) is 12.3. The van der Waals surface area contributed by atoms with Gasteiger partial charge in [-0.15, -0.1) is 0 Å². The summed E-state index contributed by atoms with van der Waals surface area (Å²) in [6.07, 6.45) is 0. The fraction of sp³-hybridized carbons (Fsp3) is 0.0345. The van der Waals surface area contributed by atoms with E-state index >= 15 is 0 Å². The minimum Gasteiger partial charge on any atom is -0.458 e. The Hall–Kier alpha value is -7.62. The first-order valence-corrected chi connectivity index (χ1v) is 21.1. The van der Waals surface area contributed by atoms with Gasteiger partial charge < -0.3 is 9.47 Å². The second-order valence-corrected chi connectivity index (χ2v) is 16.4. The maximum absolute atomic E-state index is 7.08. The van der Waals surface area contributed by atoms with Crippen LogP contribution in [0.25, 0.3) is 77.2 Å². The zero-order chi connectivity index (χ0) is 40.6. The molecule has 0 amide bonds. The highest BCUT2D eigenvalue weighted by Crippen LogP contribution is 2.48. The van der Waals surface area contributed by atoms with Gasteiger partial charge in [-0.2, -0.15) is 0 Å². The summed E-state index contributed by atoms with van der Waals surface area (Å²) in [6.45, 7) is 4.28. The first-order chi connectivity index (χ1) is 30.1. The number of ether oxygens (including phenoxy) is 2. The van der Waals surface area contributed by atoms with Crippen LogP contribution in [0.1, 0.15) is 11.1 Å². The van der Waals surface area contributed by atoms with E-state index in [0.717, 1.165) is 67.2 Å². The molecule has 2 aliphatic heterocycles. The molecule has 0 unspecified atom stereocenters. The molecule has 10 aromatic carbocycles. The first kappa shape index (κ1) is 35.3. The van der Waals surface area contributed by atoms with Crippen LogP contribution in [-0.4, -0.2) is 6.71 Å². The van der Waals surface area contributed by atoms with Crippen LogP contribution in [0, 0.1) is 13.8 Å².